The van der Waals surface area contributed by atoms with Crippen LogP contribution in [-0.4, -0.2) is 24.7 Å². The van der Waals surface area contributed by atoms with E-state index < -0.39 is 5.51 Å². The molecule has 2 unspecified atom stereocenters. The van der Waals surface area contributed by atoms with Crippen molar-refractivity contribution < 1.29 is 17.9 Å². The molecule has 0 aliphatic carbocycles. The summed E-state index contributed by atoms with van der Waals surface area (Å²) in [6.07, 6.45) is 2.75. The molecule has 0 spiro atoms. The van der Waals surface area contributed by atoms with Crippen LogP contribution in [0.5, 0.6) is 5.75 Å². The van der Waals surface area contributed by atoms with E-state index in [2.05, 4.69) is 22.8 Å². The number of rotatable bonds is 5. The molecule has 0 radical (unpaired) electrons. The van der Waals surface area contributed by atoms with E-state index in [1.807, 2.05) is 18.2 Å². The van der Waals surface area contributed by atoms with E-state index in [-0.39, 0.29) is 28.7 Å². The molecular weight excluding hydrogens is 385 g/mol. The Hall–Kier alpha value is -1.70. The lowest BCUT2D eigenvalue weighted by Gasteiger charge is -2.34. The fourth-order valence-corrected chi connectivity index (χ4v) is 4.71. The Morgan fingerprint density at radius 1 is 1.18 bits per heavy atom. The highest BCUT2D eigenvalue weighted by molar-refractivity contribution is 8.00. The molecule has 28 heavy (non-hydrogen) atoms. The van der Waals surface area contributed by atoms with E-state index in [4.69, 9.17) is 4.74 Å². The van der Waals surface area contributed by atoms with E-state index in [1.165, 1.54) is 5.56 Å². The smallest absolute Gasteiger partial charge is 0.446 e. The minimum Gasteiger partial charge on any atom is -0.493 e. The molecule has 2 heterocycles. The molecule has 0 bridgehead atoms. The minimum atomic E-state index is -4.29. The molecule has 2 N–H and O–H groups in total. The van der Waals surface area contributed by atoms with Crippen LogP contribution in [-0.2, 0) is 13.0 Å². The molecule has 0 amide bonds. The third-order valence-electron chi connectivity index (χ3n) is 5.24. The van der Waals surface area contributed by atoms with E-state index in [0.717, 1.165) is 36.3 Å². The van der Waals surface area contributed by atoms with Gasteiger partial charge < -0.3 is 15.4 Å². The summed E-state index contributed by atoms with van der Waals surface area (Å²) in [4.78, 5) is 0.231. The molecule has 1 saturated heterocycles. The van der Waals surface area contributed by atoms with Gasteiger partial charge in [0.15, 0.2) is 0 Å². The number of nitrogens with one attached hydrogen (secondary N) is 2. The lowest BCUT2D eigenvalue weighted by Crippen LogP contribution is -2.45. The average molecular weight is 408 g/mol. The van der Waals surface area contributed by atoms with Gasteiger partial charge in [-0.05, 0) is 54.4 Å². The van der Waals surface area contributed by atoms with Gasteiger partial charge in [0.25, 0.3) is 0 Å². The minimum absolute atomic E-state index is 0.0559. The van der Waals surface area contributed by atoms with Crippen molar-refractivity contribution >= 4 is 11.8 Å². The first-order chi connectivity index (χ1) is 13.5. The Balaban J connectivity index is 1.52. The van der Waals surface area contributed by atoms with Gasteiger partial charge in [-0.3, -0.25) is 0 Å². The summed E-state index contributed by atoms with van der Waals surface area (Å²) in [5, 5.41) is 7.14. The van der Waals surface area contributed by atoms with Gasteiger partial charge in [0, 0.05) is 35.5 Å². The van der Waals surface area contributed by atoms with Gasteiger partial charge in [-0.25, -0.2) is 0 Å². The van der Waals surface area contributed by atoms with E-state index in [1.54, 1.807) is 12.1 Å². The van der Waals surface area contributed by atoms with Crippen molar-refractivity contribution in [3.05, 3.63) is 59.2 Å². The summed E-state index contributed by atoms with van der Waals surface area (Å²) < 4.78 is 44.3. The third-order valence-corrected chi connectivity index (χ3v) is 5.94. The number of benzene rings is 2. The standard InChI is InChI=1S/C21H23F3N2OS/c22-21(23,24)28-17-11-15-8-10-27-20(15)16(12-17)13-26-18-7-4-9-25-19(18)14-5-2-1-3-6-14/h1-3,5-6,11-12,18-19,25-26H,4,7-10,13H2. The van der Waals surface area contributed by atoms with Crippen LogP contribution in [0.3, 0.4) is 0 Å². The highest BCUT2D eigenvalue weighted by atomic mass is 32.2. The maximum absolute atomic E-state index is 12.8. The zero-order valence-corrected chi connectivity index (χ0v) is 16.2. The van der Waals surface area contributed by atoms with Gasteiger partial charge >= 0.3 is 5.51 Å². The van der Waals surface area contributed by atoms with Crippen molar-refractivity contribution in [1.29, 1.82) is 0 Å². The molecule has 150 valence electrons. The van der Waals surface area contributed by atoms with Gasteiger partial charge in [0.05, 0.1) is 6.61 Å². The molecule has 2 aromatic carbocycles. The highest BCUT2D eigenvalue weighted by Crippen LogP contribution is 2.41. The molecule has 2 atom stereocenters. The first kappa shape index (κ1) is 19.6. The molecule has 4 rings (SSSR count). The van der Waals surface area contributed by atoms with Gasteiger partial charge in [-0.1, -0.05) is 30.3 Å². The van der Waals surface area contributed by atoms with Crippen LogP contribution < -0.4 is 15.4 Å². The number of piperidine rings is 1. The van der Waals surface area contributed by atoms with Gasteiger partial charge in [-0.2, -0.15) is 13.2 Å². The Morgan fingerprint density at radius 3 is 2.79 bits per heavy atom. The number of ether oxygens (including phenoxy) is 1. The Labute approximate surface area is 167 Å². The van der Waals surface area contributed by atoms with Crippen molar-refractivity contribution in [1.82, 2.24) is 10.6 Å². The van der Waals surface area contributed by atoms with Gasteiger partial charge in [0.2, 0.25) is 0 Å². The van der Waals surface area contributed by atoms with Crippen molar-refractivity contribution in [3.63, 3.8) is 0 Å². The number of alkyl halides is 3. The zero-order chi connectivity index (χ0) is 19.6. The average Bonchev–Trinajstić information content (AvgIpc) is 3.14. The molecule has 3 nitrogen and oxygen atoms in total. The molecular formula is C21H23F3N2OS. The predicted octanol–water partition coefficient (Wildman–Crippen LogP) is 4.82. The van der Waals surface area contributed by atoms with Crippen LogP contribution in [0, 0.1) is 0 Å². The molecule has 0 aromatic heterocycles. The lowest BCUT2D eigenvalue weighted by atomic mass is 9.92. The summed E-state index contributed by atoms with van der Waals surface area (Å²) in [5.74, 6) is 0.749. The Bertz CT molecular complexity index is 813. The van der Waals surface area contributed by atoms with Crippen molar-refractivity contribution in [3.8, 4) is 5.75 Å². The van der Waals surface area contributed by atoms with Crippen LogP contribution in [0.4, 0.5) is 13.2 Å². The summed E-state index contributed by atoms with van der Waals surface area (Å²) >= 11 is -0.0559. The van der Waals surface area contributed by atoms with Crippen LogP contribution in [0.1, 0.15) is 35.6 Å². The predicted molar refractivity (Wildman–Crippen MR) is 105 cm³/mol. The first-order valence-electron chi connectivity index (χ1n) is 9.56. The van der Waals surface area contributed by atoms with Gasteiger partial charge in [-0.15, -0.1) is 0 Å². The number of fused-ring (bicyclic) bond motifs is 1. The summed E-state index contributed by atoms with van der Waals surface area (Å²) in [6.45, 7) is 1.98. The van der Waals surface area contributed by atoms with Crippen LogP contribution in [0.2, 0.25) is 0 Å². The van der Waals surface area contributed by atoms with Crippen molar-refractivity contribution in [2.24, 2.45) is 0 Å². The van der Waals surface area contributed by atoms with Gasteiger partial charge in [0.1, 0.15) is 5.75 Å². The Morgan fingerprint density at radius 2 is 2.00 bits per heavy atom. The van der Waals surface area contributed by atoms with E-state index in [0.29, 0.717) is 19.6 Å². The SMILES string of the molecule is FC(F)(F)Sc1cc2c(c(CNC3CCCNC3c3ccccc3)c1)OCC2. The molecule has 0 saturated carbocycles. The fraction of sp³-hybridized carbons (Fsp3) is 0.429. The van der Waals surface area contributed by atoms with E-state index >= 15 is 0 Å². The normalized spacial score (nSPS) is 22.0. The third kappa shape index (κ3) is 4.64. The number of hydrogen-bond donors (Lipinski definition) is 2. The number of halogens is 3. The molecule has 1 fully saturated rings. The highest BCUT2D eigenvalue weighted by Gasteiger charge is 2.31. The second kappa shape index (κ2) is 8.35. The second-order valence-corrected chi connectivity index (χ2v) is 8.33. The maximum atomic E-state index is 12.8. The Kier molecular flexibility index (Phi) is 5.85. The maximum Gasteiger partial charge on any atom is 0.446 e. The van der Waals surface area contributed by atoms with E-state index in [9.17, 15) is 13.2 Å². The summed E-state index contributed by atoms with van der Waals surface area (Å²) in [7, 11) is 0. The van der Waals surface area contributed by atoms with Crippen LogP contribution >= 0.6 is 11.8 Å². The molecule has 2 aliphatic heterocycles. The van der Waals surface area contributed by atoms with Crippen molar-refractivity contribution in [2.45, 2.75) is 48.3 Å². The fourth-order valence-electron chi connectivity index (χ4n) is 4.04. The van der Waals surface area contributed by atoms with Crippen molar-refractivity contribution in [2.75, 3.05) is 13.2 Å². The van der Waals surface area contributed by atoms with Crippen LogP contribution in [0.25, 0.3) is 0 Å². The summed E-state index contributed by atoms with van der Waals surface area (Å²) in [6, 6.07) is 13.9. The monoisotopic (exact) mass is 408 g/mol. The largest absolute Gasteiger partial charge is 0.493 e. The number of thioether (sulfide) groups is 1. The molecule has 2 aliphatic rings. The second-order valence-electron chi connectivity index (χ2n) is 7.19. The molecule has 7 heteroatoms. The number of hydrogen-bond acceptors (Lipinski definition) is 4. The topological polar surface area (TPSA) is 33.3 Å². The van der Waals surface area contributed by atoms with Crippen LogP contribution in [0.15, 0.2) is 47.4 Å². The zero-order valence-electron chi connectivity index (χ0n) is 15.4. The lowest BCUT2D eigenvalue weighted by molar-refractivity contribution is -0.0328. The first-order valence-corrected chi connectivity index (χ1v) is 10.4. The molecule has 2 aromatic rings. The summed E-state index contributed by atoms with van der Waals surface area (Å²) in [5.41, 5.74) is -1.39. The quantitative estimate of drug-likeness (QED) is 0.696.